The highest BCUT2D eigenvalue weighted by molar-refractivity contribution is 7.98. The average molecular weight is 296 g/mol. The van der Waals surface area contributed by atoms with E-state index in [0.717, 1.165) is 5.56 Å². The zero-order chi connectivity index (χ0) is 15.0. The smallest absolute Gasteiger partial charge is 0.326 e. The second kappa shape index (κ2) is 8.60. The van der Waals surface area contributed by atoms with Gasteiger partial charge >= 0.3 is 5.97 Å². The number of hydrogen-bond donors (Lipinski definition) is 3. The van der Waals surface area contributed by atoms with Crippen LogP contribution in [0.3, 0.4) is 0 Å². The molecule has 0 aliphatic carbocycles. The van der Waals surface area contributed by atoms with Crippen LogP contribution in [0, 0.1) is 0 Å². The number of carboxylic acid groups (broad SMARTS) is 1. The highest BCUT2D eigenvalue weighted by Gasteiger charge is 2.22. The van der Waals surface area contributed by atoms with Crippen LogP contribution in [0.25, 0.3) is 0 Å². The van der Waals surface area contributed by atoms with Crippen molar-refractivity contribution in [3.05, 3.63) is 35.9 Å². The Bertz CT molecular complexity index is 439. The normalized spacial score (nSPS) is 13.5. The molecule has 20 heavy (non-hydrogen) atoms. The minimum absolute atomic E-state index is 0.389. The van der Waals surface area contributed by atoms with E-state index in [0.29, 0.717) is 18.6 Å². The molecular formula is C14H20N2O3S. The Morgan fingerprint density at radius 3 is 2.55 bits per heavy atom. The second-order valence-corrected chi connectivity index (χ2v) is 5.46. The van der Waals surface area contributed by atoms with E-state index in [1.807, 2.05) is 36.6 Å². The van der Waals surface area contributed by atoms with Gasteiger partial charge in [-0.05, 0) is 30.4 Å². The van der Waals surface area contributed by atoms with Gasteiger partial charge < -0.3 is 16.2 Å². The van der Waals surface area contributed by atoms with Crippen molar-refractivity contribution < 1.29 is 14.7 Å². The number of nitrogens with two attached hydrogens (primary N) is 1. The fraction of sp³-hybridized carbons (Fsp3) is 0.429. The van der Waals surface area contributed by atoms with Gasteiger partial charge in [0.05, 0.1) is 6.04 Å². The molecule has 0 heterocycles. The molecule has 6 heteroatoms. The molecule has 0 aliphatic heterocycles. The number of aliphatic carboxylic acids is 1. The van der Waals surface area contributed by atoms with Gasteiger partial charge in [0.1, 0.15) is 6.04 Å². The highest BCUT2D eigenvalue weighted by atomic mass is 32.2. The number of carbonyl (C=O) groups is 2. The summed E-state index contributed by atoms with van der Waals surface area (Å²) < 4.78 is 0. The molecule has 1 rings (SSSR count). The molecule has 0 aliphatic rings. The number of carboxylic acids is 1. The highest BCUT2D eigenvalue weighted by Crippen LogP contribution is 2.04. The molecule has 0 radical (unpaired) electrons. The molecule has 110 valence electrons. The first kappa shape index (κ1) is 16.5. The lowest BCUT2D eigenvalue weighted by Gasteiger charge is -2.17. The van der Waals surface area contributed by atoms with Crippen LogP contribution in [0.2, 0.25) is 0 Å². The van der Waals surface area contributed by atoms with Crippen LogP contribution in [0.15, 0.2) is 30.3 Å². The number of amides is 1. The molecule has 1 aromatic rings. The van der Waals surface area contributed by atoms with Crippen molar-refractivity contribution >= 4 is 23.6 Å². The van der Waals surface area contributed by atoms with Crippen LogP contribution in [0.4, 0.5) is 0 Å². The second-order valence-electron chi connectivity index (χ2n) is 4.48. The number of benzene rings is 1. The minimum Gasteiger partial charge on any atom is -0.480 e. The maximum Gasteiger partial charge on any atom is 0.326 e. The van der Waals surface area contributed by atoms with Crippen LogP contribution in [0.5, 0.6) is 0 Å². The predicted molar refractivity (Wildman–Crippen MR) is 80.7 cm³/mol. The Hall–Kier alpha value is -1.53. The summed E-state index contributed by atoms with van der Waals surface area (Å²) in [5.74, 6) is -0.785. The van der Waals surface area contributed by atoms with Gasteiger partial charge in [-0.25, -0.2) is 4.79 Å². The third kappa shape index (κ3) is 5.63. The zero-order valence-electron chi connectivity index (χ0n) is 11.4. The molecule has 4 N–H and O–H groups in total. The molecule has 0 bridgehead atoms. The van der Waals surface area contributed by atoms with E-state index < -0.39 is 24.0 Å². The van der Waals surface area contributed by atoms with Crippen LogP contribution in [0.1, 0.15) is 12.0 Å². The van der Waals surface area contributed by atoms with Crippen molar-refractivity contribution in [3.63, 3.8) is 0 Å². The van der Waals surface area contributed by atoms with Gasteiger partial charge in [0.25, 0.3) is 0 Å². The van der Waals surface area contributed by atoms with Crippen LogP contribution >= 0.6 is 11.8 Å². The van der Waals surface area contributed by atoms with Gasteiger partial charge in [-0.1, -0.05) is 30.3 Å². The summed E-state index contributed by atoms with van der Waals surface area (Å²) >= 11 is 1.54. The van der Waals surface area contributed by atoms with Crippen LogP contribution in [-0.4, -0.2) is 41.1 Å². The summed E-state index contributed by atoms with van der Waals surface area (Å²) in [6, 6.07) is 7.78. The fourth-order valence-corrected chi connectivity index (χ4v) is 2.20. The first-order chi connectivity index (χ1) is 9.54. The van der Waals surface area contributed by atoms with E-state index >= 15 is 0 Å². The molecular weight excluding hydrogens is 276 g/mol. The van der Waals surface area contributed by atoms with Gasteiger partial charge in [0, 0.05) is 0 Å². The average Bonchev–Trinajstić information content (AvgIpc) is 2.43. The molecule has 1 unspecified atom stereocenters. The van der Waals surface area contributed by atoms with E-state index in [1.54, 1.807) is 0 Å². The lowest BCUT2D eigenvalue weighted by molar-refractivity contribution is -0.142. The minimum atomic E-state index is -1.03. The third-order valence-electron chi connectivity index (χ3n) is 2.86. The number of carbonyl (C=O) groups excluding carboxylic acids is 1. The molecule has 1 amide bonds. The van der Waals surface area contributed by atoms with E-state index in [1.165, 1.54) is 11.8 Å². The van der Waals surface area contributed by atoms with E-state index in [9.17, 15) is 9.59 Å². The fourth-order valence-electron chi connectivity index (χ4n) is 1.73. The van der Waals surface area contributed by atoms with E-state index in [2.05, 4.69) is 5.32 Å². The van der Waals surface area contributed by atoms with Gasteiger partial charge in [0.15, 0.2) is 0 Å². The van der Waals surface area contributed by atoms with E-state index in [4.69, 9.17) is 10.8 Å². The van der Waals surface area contributed by atoms with Gasteiger partial charge in [-0.3, -0.25) is 4.79 Å². The first-order valence-electron chi connectivity index (χ1n) is 6.36. The number of thioether (sulfide) groups is 1. The van der Waals surface area contributed by atoms with E-state index in [-0.39, 0.29) is 0 Å². The Morgan fingerprint density at radius 2 is 2.00 bits per heavy atom. The summed E-state index contributed by atoms with van der Waals surface area (Å²) in [7, 11) is 0. The summed E-state index contributed by atoms with van der Waals surface area (Å²) in [6.45, 7) is 0. The van der Waals surface area contributed by atoms with Gasteiger partial charge in [-0.2, -0.15) is 11.8 Å². The van der Waals surface area contributed by atoms with Crippen LogP contribution < -0.4 is 11.1 Å². The lowest BCUT2D eigenvalue weighted by atomic mass is 10.1. The van der Waals surface area contributed by atoms with Crippen LogP contribution in [-0.2, 0) is 16.0 Å². The molecule has 0 fully saturated rings. The van der Waals surface area contributed by atoms with Gasteiger partial charge in [-0.15, -0.1) is 0 Å². The molecule has 0 saturated heterocycles. The van der Waals surface area contributed by atoms with Crippen molar-refractivity contribution in [2.24, 2.45) is 5.73 Å². The molecule has 5 nitrogen and oxygen atoms in total. The largest absolute Gasteiger partial charge is 0.480 e. The predicted octanol–water partition coefficient (Wildman–Crippen LogP) is 0.879. The quantitative estimate of drug-likeness (QED) is 0.662. The zero-order valence-corrected chi connectivity index (χ0v) is 12.2. The molecule has 0 aromatic heterocycles. The number of nitrogens with one attached hydrogen (secondary N) is 1. The maximum atomic E-state index is 11.9. The maximum absolute atomic E-state index is 11.9. The molecule has 0 saturated carbocycles. The number of rotatable bonds is 8. The number of hydrogen-bond acceptors (Lipinski definition) is 4. The van der Waals surface area contributed by atoms with Gasteiger partial charge in [0.2, 0.25) is 5.91 Å². The Labute approximate surface area is 122 Å². The topological polar surface area (TPSA) is 92.4 Å². The summed E-state index contributed by atoms with van der Waals surface area (Å²) in [6.07, 6.45) is 2.67. The third-order valence-corrected chi connectivity index (χ3v) is 3.50. The Kier molecular flexibility index (Phi) is 7.11. The monoisotopic (exact) mass is 296 g/mol. The summed E-state index contributed by atoms with van der Waals surface area (Å²) in [5, 5.41) is 11.5. The molecule has 2 atom stereocenters. The van der Waals surface area contributed by atoms with Crippen molar-refractivity contribution in [3.8, 4) is 0 Å². The Morgan fingerprint density at radius 1 is 1.35 bits per heavy atom. The molecule has 0 spiro atoms. The molecule has 1 aromatic carbocycles. The standard InChI is InChI=1S/C14H20N2O3S/c1-20-8-7-12(14(18)19)16-13(17)11(15)9-10-5-3-2-4-6-10/h2-6,11-12H,7-9,15H2,1H3,(H,16,17)(H,18,19)/t11?,12-/m1/s1. The lowest BCUT2D eigenvalue weighted by Crippen LogP contribution is -2.49. The first-order valence-corrected chi connectivity index (χ1v) is 7.75. The van der Waals surface area contributed by atoms with Crippen molar-refractivity contribution in [1.29, 1.82) is 0 Å². The van der Waals surface area contributed by atoms with Crippen molar-refractivity contribution in [2.45, 2.75) is 24.9 Å². The summed E-state index contributed by atoms with van der Waals surface area (Å²) in [5.41, 5.74) is 6.77. The van der Waals surface area contributed by atoms with Crippen molar-refractivity contribution in [1.82, 2.24) is 5.32 Å². The summed E-state index contributed by atoms with van der Waals surface area (Å²) in [4.78, 5) is 23.0. The van der Waals surface area contributed by atoms with Crippen molar-refractivity contribution in [2.75, 3.05) is 12.0 Å². The Balaban J connectivity index is 2.53. The SMILES string of the molecule is CSCC[C@@H](NC(=O)C(N)Cc1ccccc1)C(=O)O.